The molecule has 0 saturated heterocycles. The average molecular weight is 183 g/mol. The quantitative estimate of drug-likeness (QED) is 0.597. The van der Waals surface area contributed by atoms with E-state index in [-0.39, 0.29) is 0 Å². The van der Waals surface area contributed by atoms with E-state index in [9.17, 15) is 0 Å². The Morgan fingerprint density at radius 3 is 2.31 bits per heavy atom. The molecule has 0 aliphatic carbocycles. The standard InChI is InChI=1S/C12H25N/c1-6-9-13-12(11(4)5)8-7-10(2)3/h10,12-13H,4,6-9H2,1-3,5H3. The van der Waals surface area contributed by atoms with E-state index in [4.69, 9.17) is 0 Å². The Kier molecular flexibility index (Phi) is 6.97. The topological polar surface area (TPSA) is 12.0 Å². The maximum Gasteiger partial charge on any atom is 0.0274 e. The third-order valence-corrected chi connectivity index (χ3v) is 2.27. The van der Waals surface area contributed by atoms with Crippen LogP contribution in [0.2, 0.25) is 0 Å². The normalized spacial score (nSPS) is 13.3. The van der Waals surface area contributed by atoms with Gasteiger partial charge in [0.2, 0.25) is 0 Å². The van der Waals surface area contributed by atoms with E-state index < -0.39 is 0 Å². The van der Waals surface area contributed by atoms with Gasteiger partial charge in [-0.05, 0) is 38.6 Å². The molecule has 1 unspecified atom stereocenters. The van der Waals surface area contributed by atoms with Gasteiger partial charge in [-0.2, -0.15) is 0 Å². The average Bonchev–Trinajstić information content (AvgIpc) is 2.03. The summed E-state index contributed by atoms with van der Waals surface area (Å²) >= 11 is 0. The largest absolute Gasteiger partial charge is 0.310 e. The van der Waals surface area contributed by atoms with Gasteiger partial charge in [0.15, 0.2) is 0 Å². The zero-order chi connectivity index (χ0) is 10.3. The maximum absolute atomic E-state index is 4.02. The van der Waals surface area contributed by atoms with Crippen molar-refractivity contribution < 1.29 is 0 Å². The molecule has 0 saturated carbocycles. The molecule has 0 aromatic rings. The minimum atomic E-state index is 0.530. The van der Waals surface area contributed by atoms with Gasteiger partial charge in [0.1, 0.15) is 0 Å². The summed E-state index contributed by atoms with van der Waals surface area (Å²) < 4.78 is 0. The Balaban J connectivity index is 3.74. The van der Waals surface area contributed by atoms with E-state index in [1.807, 2.05) is 0 Å². The van der Waals surface area contributed by atoms with E-state index in [2.05, 4.69) is 39.6 Å². The first-order valence-electron chi connectivity index (χ1n) is 5.46. The summed E-state index contributed by atoms with van der Waals surface area (Å²) in [7, 11) is 0. The number of hydrogen-bond acceptors (Lipinski definition) is 1. The molecule has 0 fully saturated rings. The van der Waals surface area contributed by atoms with Gasteiger partial charge in [0, 0.05) is 6.04 Å². The zero-order valence-corrected chi connectivity index (χ0v) is 9.69. The monoisotopic (exact) mass is 183 g/mol. The highest BCUT2D eigenvalue weighted by Crippen LogP contribution is 2.11. The Hall–Kier alpha value is -0.300. The predicted molar refractivity (Wildman–Crippen MR) is 61.0 cm³/mol. The smallest absolute Gasteiger partial charge is 0.0274 e. The summed E-state index contributed by atoms with van der Waals surface area (Å²) in [5.41, 5.74) is 1.27. The van der Waals surface area contributed by atoms with Crippen LogP contribution in [0.4, 0.5) is 0 Å². The SMILES string of the molecule is C=C(C)C(CCC(C)C)NCCC. The lowest BCUT2D eigenvalue weighted by Gasteiger charge is -2.19. The minimum Gasteiger partial charge on any atom is -0.310 e. The first kappa shape index (κ1) is 12.7. The lowest BCUT2D eigenvalue weighted by atomic mass is 9.99. The van der Waals surface area contributed by atoms with Crippen LogP contribution in [0.25, 0.3) is 0 Å². The Morgan fingerprint density at radius 2 is 1.92 bits per heavy atom. The van der Waals surface area contributed by atoms with E-state index in [1.54, 1.807) is 0 Å². The minimum absolute atomic E-state index is 0.530. The number of rotatable bonds is 7. The first-order valence-corrected chi connectivity index (χ1v) is 5.46. The van der Waals surface area contributed by atoms with Crippen LogP contribution in [-0.2, 0) is 0 Å². The van der Waals surface area contributed by atoms with Gasteiger partial charge in [-0.15, -0.1) is 0 Å². The molecule has 13 heavy (non-hydrogen) atoms. The van der Waals surface area contributed by atoms with Gasteiger partial charge in [-0.25, -0.2) is 0 Å². The van der Waals surface area contributed by atoms with E-state index in [1.165, 1.54) is 24.8 Å². The summed E-state index contributed by atoms with van der Waals surface area (Å²) in [4.78, 5) is 0. The molecule has 0 aromatic heterocycles. The van der Waals surface area contributed by atoms with Gasteiger partial charge in [-0.3, -0.25) is 0 Å². The molecule has 0 radical (unpaired) electrons. The van der Waals surface area contributed by atoms with Crippen molar-refractivity contribution in [3.63, 3.8) is 0 Å². The third kappa shape index (κ3) is 6.83. The second-order valence-electron chi connectivity index (χ2n) is 4.32. The van der Waals surface area contributed by atoms with Crippen LogP contribution in [0.5, 0.6) is 0 Å². The highest BCUT2D eigenvalue weighted by molar-refractivity contribution is 5.01. The molecule has 0 bridgehead atoms. The predicted octanol–water partition coefficient (Wildman–Crippen LogP) is 3.37. The second-order valence-corrected chi connectivity index (χ2v) is 4.32. The van der Waals surface area contributed by atoms with Crippen molar-refractivity contribution in [3.05, 3.63) is 12.2 Å². The van der Waals surface area contributed by atoms with Crippen molar-refractivity contribution in [1.29, 1.82) is 0 Å². The summed E-state index contributed by atoms with van der Waals surface area (Å²) in [5.74, 6) is 0.797. The van der Waals surface area contributed by atoms with Gasteiger partial charge in [0.25, 0.3) is 0 Å². The second kappa shape index (κ2) is 7.14. The van der Waals surface area contributed by atoms with Crippen LogP contribution in [0.15, 0.2) is 12.2 Å². The first-order chi connectivity index (χ1) is 6.07. The number of nitrogens with one attached hydrogen (secondary N) is 1. The third-order valence-electron chi connectivity index (χ3n) is 2.27. The molecule has 0 spiro atoms. The summed E-state index contributed by atoms with van der Waals surface area (Å²) in [6.45, 7) is 14.0. The molecule has 78 valence electrons. The Bertz CT molecular complexity index is 138. The van der Waals surface area contributed by atoms with Crippen LogP contribution in [0, 0.1) is 5.92 Å². The number of hydrogen-bond donors (Lipinski definition) is 1. The lowest BCUT2D eigenvalue weighted by molar-refractivity contribution is 0.465. The molecule has 1 nitrogen and oxygen atoms in total. The molecular formula is C12H25N. The molecule has 1 heteroatoms. The van der Waals surface area contributed by atoms with Crippen LogP contribution < -0.4 is 5.32 Å². The van der Waals surface area contributed by atoms with Crippen molar-refractivity contribution in [3.8, 4) is 0 Å². The summed E-state index contributed by atoms with van der Waals surface area (Å²) in [6, 6.07) is 0.530. The summed E-state index contributed by atoms with van der Waals surface area (Å²) in [5, 5.41) is 3.52. The fourth-order valence-corrected chi connectivity index (χ4v) is 1.34. The molecule has 0 aliphatic rings. The van der Waals surface area contributed by atoms with Crippen molar-refractivity contribution in [2.75, 3.05) is 6.54 Å². The van der Waals surface area contributed by atoms with Crippen LogP contribution in [0.3, 0.4) is 0 Å². The van der Waals surface area contributed by atoms with E-state index in [0.29, 0.717) is 6.04 Å². The molecule has 0 amide bonds. The van der Waals surface area contributed by atoms with E-state index in [0.717, 1.165) is 12.5 Å². The van der Waals surface area contributed by atoms with Crippen molar-refractivity contribution in [2.24, 2.45) is 5.92 Å². The fourth-order valence-electron chi connectivity index (χ4n) is 1.34. The molecule has 0 aromatic carbocycles. The van der Waals surface area contributed by atoms with Crippen LogP contribution in [0.1, 0.15) is 47.0 Å². The maximum atomic E-state index is 4.02. The molecular weight excluding hydrogens is 158 g/mol. The highest BCUT2D eigenvalue weighted by Gasteiger charge is 2.08. The van der Waals surface area contributed by atoms with Gasteiger partial charge < -0.3 is 5.32 Å². The molecule has 0 heterocycles. The van der Waals surface area contributed by atoms with Gasteiger partial charge in [-0.1, -0.05) is 32.9 Å². The van der Waals surface area contributed by atoms with Crippen molar-refractivity contribution >= 4 is 0 Å². The fraction of sp³-hybridized carbons (Fsp3) is 0.833. The molecule has 0 aliphatic heterocycles. The molecule has 1 atom stereocenters. The Morgan fingerprint density at radius 1 is 1.31 bits per heavy atom. The molecule has 0 rings (SSSR count). The van der Waals surface area contributed by atoms with Gasteiger partial charge in [0.05, 0.1) is 0 Å². The van der Waals surface area contributed by atoms with Crippen LogP contribution in [-0.4, -0.2) is 12.6 Å². The summed E-state index contributed by atoms with van der Waals surface area (Å²) in [6.07, 6.45) is 3.71. The highest BCUT2D eigenvalue weighted by atomic mass is 14.9. The van der Waals surface area contributed by atoms with E-state index >= 15 is 0 Å². The zero-order valence-electron chi connectivity index (χ0n) is 9.69. The lowest BCUT2D eigenvalue weighted by Crippen LogP contribution is -2.30. The van der Waals surface area contributed by atoms with Crippen molar-refractivity contribution in [2.45, 2.75) is 53.0 Å². The van der Waals surface area contributed by atoms with Crippen LogP contribution >= 0.6 is 0 Å². The van der Waals surface area contributed by atoms with Gasteiger partial charge >= 0.3 is 0 Å². The molecule has 1 N–H and O–H groups in total. The Labute approximate surface area is 83.6 Å². The van der Waals surface area contributed by atoms with Crippen molar-refractivity contribution in [1.82, 2.24) is 5.32 Å².